The quantitative estimate of drug-likeness (QED) is 0.732. The molecule has 0 unspecified atom stereocenters. The molecule has 0 saturated heterocycles. The first-order chi connectivity index (χ1) is 5.59. The molecule has 12 heavy (non-hydrogen) atoms. The molecule has 0 bridgehead atoms. The van der Waals surface area contributed by atoms with E-state index in [1.165, 1.54) is 5.69 Å². The summed E-state index contributed by atoms with van der Waals surface area (Å²) in [6.45, 7) is 5.14. The summed E-state index contributed by atoms with van der Waals surface area (Å²) in [5, 5.41) is 0. The highest BCUT2D eigenvalue weighted by atomic mass is 15.1. The van der Waals surface area contributed by atoms with Crippen LogP contribution in [0.2, 0.25) is 0 Å². The van der Waals surface area contributed by atoms with Gasteiger partial charge in [0.15, 0.2) is 0 Å². The number of imidazole rings is 1. The Morgan fingerprint density at radius 3 is 2.42 bits per heavy atom. The van der Waals surface area contributed by atoms with Gasteiger partial charge in [0, 0.05) is 18.7 Å². The molecule has 0 amide bonds. The molecule has 0 aliphatic rings. The van der Waals surface area contributed by atoms with Crippen molar-refractivity contribution >= 4 is 0 Å². The van der Waals surface area contributed by atoms with Crippen molar-refractivity contribution in [2.24, 2.45) is 0 Å². The average Bonchev–Trinajstić information content (AvgIpc) is 2.28. The van der Waals surface area contributed by atoms with E-state index in [9.17, 15) is 0 Å². The van der Waals surface area contributed by atoms with Gasteiger partial charge in [-0.25, -0.2) is 4.98 Å². The number of aryl methyl sites for hydroxylation is 2. The number of rotatable bonds is 3. The maximum Gasteiger partial charge on any atom is 0.107 e. The highest BCUT2D eigenvalue weighted by Crippen LogP contribution is 2.03. The SMILES string of the molecule is Cc1nc(CCN(C)C)[nH]c1C. The molecule has 0 aromatic carbocycles. The van der Waals surface area contributed by atoms with Gasteiger partial charge in [-0.3, -0.25) is 0 Å². The van der Waals surface area contributed by atoms with Crippen molar-refractivity contribution in [2.45, 2.75) is 20.3 Å². The number of aromatic amines is 1. The van der Waals surface area contributed by atoms with E-state index in [0.717, 1.165) is 24.5 Å². The third kappa shape index (κ3) is 2.34. The number of nitrogens with zero attached hydrogens (tertiary/aromatic N) is 2. The van der Waals surface area contributed by atoms with Crippen LogP contribution in [0.4, 0.5) is 0 Å². The second-order valence-corrected chi connectivity index (χ2v) is 3.45. The van der Waals surface area contributed by atoms with E-state index in [4.69, 9.17) is 0 Å². The monoisotopic (exact) mass is 167 g/mol. The molecule has 0 spiro atoms. The fraction of sp³-hybridized carbons (Fsp3) is 0.667. The lowest BCUT2D eigenvalue weighted by atomic mass is 10.4. The topological polar surface area (TPSA) is 31.9 Å². The zero-order chi connectivity index (χ0) is 9.14. The maximum atomic E-state index is 4.40. The van der Waals surface area contributed by atoms with Gasteiger partial charge in [0.25, 0.3) is 0 Å². The van der Waals surface area contributed by atoms with Gasteiger partial charge in [0.2, 0.25) is 0 Å². The van der Waals surface area contributed by atoms with E-state index < -0.39 is 0 Å². The smallest absolute Gasteiger partial charge is 0.107 e. The predicted octanol–water partition coefficient (Wildman–Crippen LogP) is 1.13. The molecule has 0 aliphatic heterocycles. The lowest BCUT2D eigenvalue weighted by Crippen LogP contribution is -2.15. The largest absolute Gasteiger partial charge is 0.346 e. The first kappa shape index (κ1) is 9.26. The fourth-order valence-corrected chi connectivity index (χ4v) is 1.07. The molecule has 68 valence electrons. The summed E-state index contributed by atoms with van der Waals surface area (Å²) < 4.78 is 0. The van der Waals surface area contributed by atoms with Crippen LogP contribution in [0.1, 0.15) is 17.2 Å². The van der Waals surface area contributed by atoms with Crippen molar-refractivity contribution in [3.05, 3.63) is 17.2 Å². The van der Waals surface area contributed by atoms with E-state index in [1.807, 2.05) is 6.92 Å². The number of nitrogens with one attached hydrogen (secondary N) is 1. The number of aromatic nitrogens is 2. The van der Waals surface area contributed by atoms with Crippen LogP contribution < -0.4 is 0 Å². The molecule has 1 N–H and O–H groups in total. The number of hydrogen-bond donors (Lipinski definition) is 1. The van der Waals surface area contributed by atoms with Gasteiger partial charge in [-0.2, -0.15) is 0 Å². The van der Waals surface area contributed by atoms with E-state index in [-0.39, 0.29) is 0 Å². The minimum absolute atomic E-state index is 1.00. The zero-order valence-corrected chi connectivity index (χ0v) is 8.31. The zero-order valence-electron chi connectivity index (χ0n) is 8.31. The van der Waals surface area contributed by atoms with Crippen LogP contribution in [0.5, 0.6) is 0 Å². The van der Waals surface area contributed by atoms with E-state index in [1.54, 1.807) is 0 Å². The predicted molar refractivity (Wildman–Crippen MR) is 50.3 cm³/mol. The van der Waals surface area contributed by atoms with Crippen LogP contribution in [0.3, 0.4) is 0 Å². The molecule has 0 aliphatic carbocycles. The summed E-state index contributed by atoms with van der Waals surface area (Å²) >= 11 is 0. The number of H-pyrrole nitrogens is 1. The van der Waals surface area contributed by atoms with Crippen LogP contribution in [0.25, 0.3) is 0 Å². The average molecular weight is 167 g/mol. The van der Waals surface area contributed by atoms with Crippen molar-refractivity contribution in [3.63, 3.8) is 0 Å². The Bertz CT molecular complexity index is 231. The summed E-state index contributed by atoms with van der Waals surface area (Å²) in [4.78, 5) is 9.82. The lowest BCUT2D eigenvalue weighted by molar-refractivity contribution is 0.410. The Morgan fingerprint density at radius 1 is 1.33 bits per heavy atom. The first-order valence-electron chi connectivity index (χ1n) is 4.26. The highest BCUT2D eigenvalue weighted by molar-refractivity contribution is 5.10. The molecule has 1 aromatic rings. The molecule has 1 rings (SSSR count). The molecular weight excluding hydrogens is 150 g/mol. The van der Waals surface area contributed by atoms with Gasteiger partial charge in [-0.05, 0) is 27.9 Å². The van der Waals surface area contributed by atoms with Gasteiger partial charge in [-0.15, -0.1) is 0 Å². The second kappa shape index (κ2) is 3.72. The molecule has 0 saturated carbocycles. The maximum absolute atomic E-state index is 4.40. The van der Waals surface area contributed by atoms with Crippen molar-refractivity contribution < 1.29 is 0 Å². The third-order valence-corrected chi connectivity index (χ3v) is 1.97. The summed E-state index contributed by atoms with van der Waals surface area (Å²) in [5.74, 6) is 1.10. The van der Waals surface area contributed by atoms with Gasteiger partial charge >= 0.3 is 0 Å². The molecule has 0 radical (unpaired) electrons. The Hall–Kier alpha value is -0.830. The molecule has 3 heteroatoms. The second-order valence-electron chi connectivity index (χ2n) is 3.45. The Kier molecular flexibility index (Phi) is 2.87. The molecule has 0 fully saturated rings. The summed E-state index contributed by atoms with van der Waals surface area (Å²) in [6, 6.07) is 0. The first-order valence-corrected chi connectivity index (χ1v) is 4.26. The number of likely N-dealkylation sites (N-methyl/N-ethyl adjacent to an activating group) is 1. The molecule has 1 heterocycles. The van der Waals surface area contributed by atoms with Crippen molar-refractivity contribution in [1.82, 2.24) is 14.9 Å². The fourth-order valence-electron chi connectivity index (χ4n) is 1.07. The van der Waals surface area contributed by atoms with E-state index in [2.05, 4.69) is 35.9 Å². The van der Waals surface area contributed by atoms with Crippen LogP contribution in [-0.4, -0.2) is 35.5 Å². The summed E-state index contributed by atoms with van der Waals surface area (Å²) in [6.07, 6.45) is 1.00. The molecular formula is C9H17N3. The Morgan fingerprint density at radius 2 is 2.00 bits per heavy atom. The third-order valence-electron chi connectivity index (χ3n) is 1.97. The Balaban J connectivity index is 2.53. The van der Waals surface area contributed by atoms with Crippen molar-refractivity contribution in [1.29, 1.82) is 0 Å². The van der Waals surface area contributed by atoms with Crippen LogP contribution in [-0.2, 0) is 6.42 Å². The molecule has 3 nitrogen and oxygen atoms in total. The molecule has 0 atom stereocenters. The van der Waals surface area contributed by atoms with Crippen LogP contribution in [0, 0.1) is 13.8 Å². The summed E-state index contributed by atoms with van der Waals surface area (Å²) in [5.41, 5.74) is 2.30. The van der Waals surface area contributed by atoms with Gasteiger partial charge in [0.1, 0.15) is 5.82 Å². The minimum atomic E-state index is 1.00. The standard InChI is InChI=1S/C9H17N3/c1-7-8(2)11-9(10-7)5-6-12(3)4/h5-6H2,1-4H3,(H,10,11). The highest BCUT2D eigenvalue weighted by Gasteiger charge is 2.01. The van der Waals surface area contributed by atoms with E-state index >= 15 is 0 Å². The van der Waals surface area contributed by atoms with Crippen molar-refractivity contribution in [3.8, 4) is 0 Å². The van der Waals surface area contributed by atoms with E-state index in [0.29, 0.717) is 0 Å². The van der Waals surface area contributed by atoms with Gasteiger partial charge in [0.05, 0.1) is 5.69 Å². The normalized spacial score (nSPS) is 11.1. The minimum Gasteiger partial charge on any atom is -0.346 e. The lowest BCUT2D eigenvalue weighted by Gasteiger charge is -2.06. The van der Waals surface area contributed by atoms with Gasteiger partial charge in [-0.1, -0.05) is 0 Å². The van der Waals surface area contributed by atoms with Crippen LogP contribution >= 0.6 is 0 Å². The van der Waals surface area contributed by atoms with Crippen LogP contribution in [0.15, 0.2) is 0 Å². The summed E-state index contributed by atoms with van der Waals surface area (Å²) in [7, 11) is 4.14. The number of hydrogen-bond acceptors (Lipinski definition) is 2. The molecule has 1 aromatic heterocycles. The van der Waals surface area contributed by atoms with Crippen molar-refractivity contribution in [2.75, 3.05) is 20.6 Å². The Labute approximate surface area is 73.8 Å². The van der Waals surface area contributed by atoms with Gasteiger partial charge < -0.3 is 9.88 Å².